The molecule has 1 unspecified atom stereocenters. The molecule has 2 aliphatic rings. The van der Waals surface area contributed by atoms with E-state index < -0.39 is 5.41 Å². The Kier molecular flexibility index (Phi) is 4.98. The summed E-state index contributed by atoms with van der Waals surface area (Å²) in [4.78, 5) is 33.8. The molecule has 2 aliphatic heterocycles. The molecular weight excluding hydrogens is 376 g/mol. The minimum Gasteiger partial charge on any atom is -0.336 e. The van der Waals surface area contributed by atoms with Crippen LogP contribution >= 0.6 is 11.6 Å². The predicted molar refractivity (Wildman–Crippen MR) is 108 cm³/mol. The molecular formula is C21H23ClN4O2. The Morgan fingerprint density at radius 3 is 2.79 bits per heavy atom. The van der Waals surface area contributed by atoms with Gasteiger partial charge in [0.1, 0.15) is 0 Å². The highest BCUT2D eigenvalue weighted by atomic mass is 35.5. The fourth-order valence-electron chi connectivity index (χ4n) is 4.13. The number of hydrogen-bond acceptors (Lipinski definition) is 3. The number of anilines is 1. The molecule has 2 saturated heterocycles. The van der Waals surface area contributed by atoms with Gasteiger partial charge in [0.05, 0.1) is 28.4 Å². The molecule has 1 N–H and O–H groups in total. The third-order valence-corrected chi connectivity index (χ3v) is 6.09. The highest BCUT2D eigenvalue weighted by molar-refractivity contribution is 6.33. The zero-order valence-electron chi connectivity index (χ0n) is 15.8. The number of amides is 3. The minimum atomic E-state index is -0.471. The molecule has 7 heteroatoms. The van der Waals surface area contributed by atoms with Gasteiger partial charge in [-0.1, -0.05) is 29.8 Å². The summed E-state index contributed by atoms with van der Waals surface area (Å²) >= 11 is 6.22. The van der Waals surface area contributed by atoms with Crippen molar-refractivity contribution < 1.29 is 9.59 Å². The van der Waals surface area contributed by atoms with E-state index in [4.69, 9.17) is 11.6 Å². The van der Waals surface area contributed by atoms with Crippen LogP contribution in [0.2, 0.25) is 5.02 Å². The van der Waals surface area contributed by atoms with Crippen LogP contribution in [0, 0.1) is 12.3 Å². The number of urea groups is 1. The molecule has 146 valence electrons. The van der Waals surface area contributed by atoms with Crippen molar-refractivity contribution >= 4 is 29.2 Å². The number of benzene rings is 1. The van der Waals surface area contributed by atoms with Gasteiger partial charge < -0.3 is 15.1 Å². The molecule has 0 aliphatic carbocycles. The van der Waals surface area contributed by atoms with Crippen molar-refractivity contribution in [2.45, 2.75) is 26.3 Å². The lowest BCUT2D eigenvalue weighted by Gasteiger charge is -2.24. The zero-order chi connectivity index (χ0) is 19.7. The number of hydrogen-bond donors (Lipinski definition) is 1. The number of nitrogens with zero attached hydrogens (tertiary/aromatic N) is 3. The molecule has 1 aromatic heterocycles. The lowest BCUT2D eigenvalue weighted by atomic mass is 9.85. The molecule has 2 fully saturated rings. The van der Waals surface area contributed by atoms with Crippen LogP contribution in [0.3, 0.4) is 0 Å². The molecule has 28 heavy (non-hydrogen) atoms. The molecule has 6 nitrogen and oxygen atoms in total. The van der Waals surface area contributed by atoms with Crippen LogP contribution < -0.4 is 5.32 Å². The summed E-state index contributed by atoms with van der Waals surface area (Å²) in [6.07, 6.45) is 3.21. The van der Waals surface area contributed by atoms with Gasteiger partial charge in [-0.25, -0.2) is 4.79 Å². The Balaban J connectivity index is 1.42. The maximum atomic E-state index is 13.1. The monoisotopic (exact) mass is 398 g/mol. The third kappa shape index (κ3) is 3.44. The number of likely N-dealkylation sites (tertiary alicyclic amines) is 2. The first-order valence-electron chi connectivity index (χ1n) is 9.49. The maximum absolute atomic E-state index is 13.1. The van der Waals surface area contributed by atoms with E-state index in [9.17, 15) is 9.59 Å². The summed E-state index contributed by atoms with van der Waals surface area (Å²) < 4.78 is 0. The number of nitrogens with one attached hydrogen (secondary N) is 1. The van der Waals surface area contributed by atoms with Crippen molar-refractivity contribution in [3.63, 3.8) is 0 Å². The summed E-state index contributed by atoms with van der Waals surface area (Å²) in [6.45, 7) is 4.14. The molecule has 4 rings (SSSR count). The Labute approximate surface area is 169 Å². The molecule has 0 saturated carbocycles. The molecule has 2 aromatic rings. The normalized spacial score (nSPS) is 21.6. The molecule has 0 radical (unpaired) electrons. The highest BCUT2D eigenvalue weighted by Crippen LogP contribution is 2.41. The largest absolute Gasteiger partial charge is 0.336 e. The van der Waals surface area contributed by atoms with Crippen LogP contribution in [0.5, 0.6) is 0 Å². The standard InChI is InChI=1S/C21H23ClN4O2/c1-15-5-4-7-17(22)18(15)24-20(28)26-12-9-21(14-26)8-11-25(19(21)27)13-16-6-2-3-10-23-16/h2-7,10H,8-9,11-14H2,1H3,(H,24,28). The Morgan fingerprint density at radius 1 is 1.21 bits per heavy atom. The van der Waals surface area contributed by atoms with Crippen LogP contribution in [-0.2, 0) is 11.3 Å². The van der Waals surface area contributed by atoms with Crippen molar-refractivity contribution in [2.75, 3.05) is 25.0 Å². The fourth-order valence-corrected chi connectivity index (χ4v) is 4.40. The minimum absolute atomic E-state index is 0.127. The Hall–Kier alpha value is -2.60. The molecule has 1 aromatic carbocycles. The summed E-state index contributed by atoms with van der Waals surface area (Å²) in [5.41, 5.74) is 1.95. The van der Waals surface area contributed by atoms with Gasteiger partial charge in [0.15, 0.2) is 0 Å². The zero-order valence-corrected chi connectivity index (χ0v) is 16.6. The summed E-state index contributed by atoms with van der Waals surface area (Å²) in [7, 11) is 0. The van der Waals surface area contributed by atoms with Crippen molar-refractivity contribution in [1.29, 1.82) is 0 Å². The first-order valence-corrected chi connectivity index (χ1v) is 9.87. The van der Waals surface area contributed by atoms with E-state index in [1.165, 1.54) is 0 Å². The molecule has 3 amide bonds. The van der Waals surface area contributed by atoms with Gasteiger partial charge in [0.2, 0.25) is 5.91 Å². The van der Waals surface area contributed by atoms with Crippen LogP contribution in [0.25, 0.3) is 0 Å². The van der Waals surface area contributed by atoms with Gasteiger partial charge in [0.25, 0.3) is 0 Å². The number of rotatable bonds is 3. The summed E-state index contributed by atoms with van der Waals surface area (Å²) in [5.74, 6) is 0.127. The average Bonchev–Trinajstić information content (AvgIpc) is 3.26. The van der Waals surface area contributed by atoms with Gasteiger partial charge >= 0.3 is 6.03 Å². The second kappa shape index (κ2) is 7.43. The Bertz CT molecular complexity index is 884. The van der Waals surface area contributed by atoms with E-state index in [2.05, 4.69) is 10.3 Å². The van der Waals surface area contributed by atoms with E-state index in [-0.39, 0.29) is 11.9 Å². The van der Waals surface area contributed by atoms with E-state index in [1.807, 2.05) is 42.2 Å². The average molecular weight is 399 g/mol. The first-order chi connectivity index (χ1) is 13.5. The first kappa shape index (κ1) is 18.7. The van der Waals surface area contributed by atoms with Gasteiger partial charge in [-0.2, -0.15) is 0 Å². The van der Waals surface area contributed by atoms with Crippen molar-refractivity contribution in [3.8, 4) is 0 Å². The van der Waals surface area contributed by atoms with Gasteiger partial charge in [-0.15, -0.1) is 0 Å². The van der Waals surface area contributed by atoms with Crippen LogP contribution in [0.1, 0.15) is 24.1 Å². The van der Waals surface area contributed by atoms with E-state index in [1.54, 1.807) is 17.2 Å². The SMILES string of the molecule is Cc1cccc(Cl)c1NC(=O)N1CCC2(CCN(Cc3ccccn3)C2=O)C1. The molecule has 1 atom stereocenters. The highest BCUT2D eigenvalue weighted by Gasteiger charge is 2.51. The number of para-hydroxylation sites is 1. The van der Waals surface area contributed by atoms with Crippen molar-refractivity contribution in [1.82, 2.24) is 14.8 Å². The number of carbonyl (C=O) groups is 2. The number of aryl methyl sites for hydroxylation is 1. The molecule has 0 bridgehead atoms. The van der Waals surface area contributed by atoms with Crippen LogP contribution in [0.15, 0.2) is 42.6 Å². The number of halogens is 1. The third-order valence-electron chi connectivity index (χ3n) is 5.78. The van der Waals surface area contributed by atoms with Crippen LogP contribution in [-0.4, -0.2) is 46.4 Å². The second-order valence-electron chi connectivity index (χ2n) is 7.61. The van der Waals surface area contributed by atoms with Crippen LogP contribution in [0.4, 0.5) is 10.5 Å². The molecule has 1 spiro atoms. The summed E-state index contributed by atoms with van der Waals surface area (Å²) in [6, 6.07) is 11.0. The smallest absolute Gasteiger partial charge is 0.321 e. The van der Waals surface area contributed by atoms with Gasteiger partial charge in [-0.3, -0.25) is 9.78 Å². The number of aromatic nitrogens is 1. The van der Waals surface area contributed by atoms with E-state index >= 15 is 0 Å². The van der Waals surface area contributed by atoms with E-state index in [0.29, 0.717) is 43.3 Å². The van der Waals surface area contributed by atoms with Gasteiger partial charge in [0, 0.05) is 25.8 Å². The van der Waals surface area contributed by atoms with Gasteiger partial charge in [-0.05, 0) is 43.5 Å². The topological polar surface area (TPSA) is 65.5 Å². The number of carbonyl (C=O) groups excluding carboxylic acids is 2. The quantitative estimate of drug-likeness (QED) is 0.857. The lowest BCUT2D eigenvalue weighted by Crippen LogP contribution is -2.39. The Morgan fingerprint density at radius 2 is 2.04 bits per heavy atom. The lowest BCUT2D eigenvalue weighted by molar-refractivity contribution is -0.135. The predicted octanol–water partition coefficient (Wildman–Crippen LogP) is 3.70. The second-order valence-corrected chi connectivity index (χ2v) is 8.02. The fraction of sp³-hybridized carbons (Fsp3) is 0.381. The maximum Gasteiger partial charge on any atom is 0.321 e. The number of pyridine rings is 1. The summed E-state index contributed by atoms with van der Waals surface area (Å²) in [5, 5.41) is 3.43. The van der Waals surface area contributed by atoms with E-state index in [0.717, 1.165) is 17.7 Å². The van der Waals surface area contributed by atoms with Crippen molar-refractivity contribution in [3.05, 3.63) is 58.9 Å². The molecule has 3 heterocycles. The van der Waals surface area contributed by atoms with Crippen molar-refractivity contribution in [2.24, 2.45) is 5.41 Å².